The maximum atomic E-state index is 12.9. The molecular weight excluding hydrogens is 404 g/mol. The maximum absolute atomic E-state index is 12.9. The molecule has 0 spiro atoms. The van der Waals surface area contributed by atoms with Gasteiger partial charge >= 0.3 is 11.9 Å². The van der Waals surface area contributed by atoms with E-state index in [1.807, 2.05) is 0 Å². The minimum Gasteiger partial charge on any atom is -0.504 e. The molecule has 0 aromatic heterocycles. The van der Waals surface area contributed by atoms with E-state index in [1.54, 1.807) is 38.1 Å². The molecule has 0 bridgehead atoms. The third kappa shape index (κ3) is 5.39. The van der Waals surface area contributed by atoms with Crippen LogP contribution in [0.1, 0.15) is 37.8 Å². The first-order chi connectivity index (χ1) is 14.8. The predicted molar refractivity (Wildman–Crippen MR) is 112 cm³/mol. The van der Waals surface area contributed by atoms with Crippen molar-refractivity contribution in [3.05, 3.63) is 47.5 Å². The Balaban J connectivity index is 2.08. The zero-order valence-electron chi connectivity index (χ0n) is 18.1. The van der Waals surface area contributed by atoms with Crippen molar-refractivity contribution in [2.45, 2.75) is 39.9 Å². The lowest BCUT2D eigenvalue weighted by molar-refractivity contribution is -0.175. The van der Waals surface area contributed by atoms with Gasteiger partial charge in [0.15, 0.2) is 28.4 Å². The normalized spacial score (nSPS) is 11.0. The largest absolute Gasteiger partial charge is 0.504 e. The number of phenols is 2. The summed E-state index contributed by atoms with van der Waals surface area (Å²) >= 11 is 0. The van der Waals surface area contributed by atoms with E-state index >= 15 is 0 Å². The second-order valence-electron chi connectivity index (χ2n) is 6.95. The molecule has 0 saturated heterocycles. The summed E-state index contributed by atoms with van der Waals surface area (Å²) < 4.78 is 20.9. The van der Waals surface area contributed by atoms with E-state index in [1.165, 1.54) is 26.4 Å². The molecular formula is C23H28O8. The first-order valence-corrected chi connectivity index (χ1v) is 9.87. The highest BCUT2D eigenvalue weighted by atomic mass is 16.6. The molecule has 8 heteroatoms. The first kappa shape index (κ1) is 23.9. The molecule has 8 nitrogen and oxygen atoms in total. The molecule has 0 saturated carbocycles. The summed E-state index contributed by atoms with van der Waals surface area (Å²) in [6.07, 6.45) is 0.415. The molecule has 0 heterocycles. The fourth-order valence-corrected chi connectivity index (χ4v) is 3.11. The van der Waals surface area contributed by atoms with E-state index in [0.717, 1.165) is 0 Å². The van der Waals surface area contributed by atoms with Crippen molar-refractivity contribution in [1.29, 1.82) is 0 Å². The van der Waals surface area contributed by atoms with Crippen molar-refractivity contribution in [3.8, 4) is 23.0 Å². The summed E-state index contributed by atoms with van der Waals surface area (Å²) in [5.74, 6) is -0.897. The fraction of sp³-hybridized carbons (Fsp3) is 0.391. The van der Waals surface area contributed by atoms with Crippen LogP contribution < -0.4 is 9.47 Å². The van der Waals surface area contributed by atoms with Gasteiger partial charge in [0.2, 0.25) is 0 Å². The number of rotatable bonds is 10. The summed E-state index contributed by atoms with van der Waals surface area (Å²) in [5.41, 5.74) is -0.232. The summed E-state index contributed by atoms with van der Waals surface area (Å²) in [6.45, 7) is 3.28. The van der Waals surface area contributed by atoms with Crippen molar-refractivity contribution in [3.63, 3.8) is 0 Å². The van der Waals surface area contributed by atoms with Gasteiger partial charge in [0.1, 0.15) is 13.2 Å². The second kappa shape index (κ2) is 10.6. The van der Waals surface area contributed by atoms with Gasteiger partial charge in [0.25, 0.3) is 0 Å². The first-order valence-electron chi connectivity index (χ1n) is 9.87. The third-order valence-electron chi connectivity index (χ3n) is 5.22. The molecule has 0 aliphatic heterocycles. The third-order valence-corrected chi connectivity index (χ3v) is 5.22. The lowest BCUT2D eigenvalue weighted by Gasteiger charge is -2.27. The summed E-state index contributed by atoms with van der Waals surface area (Å²) in [4.78, 5) is 25.7. The number of carbonyl (C=O) groups excluding carboxylic acids is 2. The van der Waals surface area contributed by atoms with Crippen molar-refractivity contribution < 1.29 is 38.7 Å². The molecule has 0 aliphatic rings. The number of ether oxygens (including phenoxy) is 4. The van der Waals surface area contributed by atoms with Crippen LogP contribution in [0.25, 0.3) is 0 Å². The Bertz CT molecular complexity index is 846. The van der Waals surface area contributed by atoms with Crippen LogP contribution in [0.2, 0.25) is 0 Å². The number of carbonyl (C=O) groups is 2. The van der Waals surface area contributed by atoms with Crippen LogP contribution in [-0.4, -0.2) is 36.4 Å². The Morgan fingerprint density at radius 1 is 0.774 bits per heavy atom. The molecule has 2 rings (SSSR count). The van der Waals surface area contributed by atoms with Gasteiger partial charge in [0, 0.05) is 0 Å². The highest BCUT2D eigenvalue weighted by Crippen LogP contribution is 2.33. The van der Waals surface area contributed by atoms with Crippen molar-refractivity contribution in [1.82, 2.24) is 0 Å². The Hall–Kier alpha value is -3.42. The Kier molecular flexibility index (Phi) is 8.13. The zero-order valence-corrected chi connectivity index (χ0v) is 18.1. The van der Waals surface area contributed by atoms with Crippen LogP contribution in [0.15, 0.2) is 36.4 Å². The molecule has 0 aliphatic carbocycles. The van der Waals surface area contributed by atoms with Gasteiger partial charge in [-0.1, -0.05) is 26.0 Å². The zero-order chi connectivity index (χ0) is 23.0. The van der Waals surface area contributed by atoms with Crippen molar-refractivity contribution >= 4 is 11.9 Å². The molecule has 0 atom stereocenters. The summed E-state index contributed by atoms with van der Waals surface area (Å²) in [7, 11) is 2.84. The highest BCUT2D eigenvalue weighted by Gasteiger charge is 2.46. The average molecular weight is 432 g/mol. The topological polar surface area (TPSA) is 112 Å². The number of aromatic hydroxyl groups is 2. The van der Waals surface area contributed by atoms with Gasteiger partial charge in [0.05, 0.1) is 14.2 Å². The molecule has 2 N–H and O–H groups in total. The standard InChI is InChI=1S/C23H28O8/c1-5-23(6-2,21(26)30-13-15-7-9-17(24)19(11-15)28-3)22(27)31-14-16-8-10-18(25)20(12-16)29-4/h7-12,24-25H,5-6,13-14H2,1-4H3. The lowest BCUT2D eigenvalue weighted by atomic mass is 9.82. The molecule has 0 unspecified atom stereocenters. The number of hydrogen-bond donors (Lipinski definition) is 2. The van der Waals surface area contributed by atoms with E-state index in [2.05, 4.69) is 0 Å². The van der Waals surface area contributed by atoms with Gasteiger partial charge < -0.3 is 29.2 Å². The van der Waals surface area contributed by atoms with E-state index in [0.29, 0.717) is 11.1 Å². The number of methoxy groups -OCH3 is 2. The lowest BCUT2D eigenvalue weighted by Crippen LogP contribution is -2.41. The van der Waals surface area contributed by atoms with E-state index in [9.17, 15) is 19.8 Å². The fourth-order valence-electron chi connectivity index (χ4n) is 3.11. The van der Waals surface area contributed by atoms with Crippen molar-refractivity contribution in [2.24, 2.45) is 5.41 Å². The molecule has 0 amide bonds. The Morgan fingerprint density at radius 2 is 1.16 bits per heavy atom. The van der Waals surface area contributed by atoms with Crippen LogP contribution >= 0.6 is 0 Å². The molecule has 168 valence electrons. The van der Waals surface area contributed by atoms with Crippen LogP contribution in [0.5, 0.6) is 23.0 Å². The molecule has 31 heavy (non-hydrogen) atoms. The molecule has 0 fully saturated rings. The average Bonchev–Trinajstić information content (AvgIpc) is 2.79. The van der Waals surface area contributed by atoms with E-state index < -0.39 is 17.4 Å². The molecule has 2 aromatic rings. The minimum absolute atomic E-state index is 0.0246. The summed E-state index contributed by atoms with van der Waals surface area (Å²) in [6, 6.07) is 9.18. The SMILES string of the molecule is CCC(CC)(C(=O)OCc1ccc(O)c(OC)c1)C(=O)OCc1ccc(O)c(OC)c1. The predicted octanol–water partition coefficient (Wildman–Crippen LogP) is 3.71. The Morgan fingerprint density at radius 3 is 1.48 bits per heavy atom. The number of phenolic OH excluding ortho intramolecular Hbond substituents is 2. The second-order valence-corrected chi connectivity index (χ2v) is 6.95. The van der Waals surface area contributed by atoms with Gasteiger partial charge in [-0.2, -0.15) is 0 Å². The number of esters is 2. The maximum Gasteiger partial charge on any atom is 0.323 e. The van der Waals surface area contributed by atoms with Crippen LogP contribution in [0.3, 0.4) is 0 Å². The quantitative estimate of drug-likeness (QED) is 0.432. The van der Waals surface area contributed by atoms with Gasteiger partial charge in [-0.15, -0.1) is 0 Å². The summed E-state index contributed by atoms with van der Waals surface area (Å²) in [5, 5.41) is 19.4. The number of benzene rings is 2. The Labute approximate surface area is 181 Å². The van der Waals surface area contributed by atoms with Crippen LogP contribution in [0, 0.1) is 5.41 Å². The molecule has 2 aromatic carbocycles. The van der Waals surface area contributed by atoms with Gasteiger partial charge in [-0.05, 0) is 48.2 Å². The monoisotopic (exact) mass is 432 g/mol. The van der Waals surface area contributed by atoms with E-state index in [4.69, 9.17) is 18.9 Å². The number of hydrogen-bond acceptors (Lipinski definition) is 8. The van der Waals surface area contributed by atoms with E-state index in [-0.39, 0.29) is 49.1 Å². The van der Waals surface area contributed by atoms with Crippen LogP contribution in [-0.2, 0) is 32.3 Å². The van der Waals surface area contributed by atoms with Crippen molar-refractivity contribution in [2.75, 3.05) is 14.2 Å². The highest BCUT2D eigenvalue weighted by molar-refractivity contribution is 6.00. The smallest absolute Gasteiger partial charge is 0.323 e. The minimum atomic E-state index is -1.44. The molecule has 0 radical (unpaired) electrons. The van der Waals surface area contributed by atoms with Gasteiger partial charge in [-0.3, -0.25) is 9.59 Å². The van der Waals surface area contributed by atoms with Gasteiger partial charge in [-0.25, -0.2) is 0 Å². The van der Waals surface area contributed by atoms with Crippen LogP contribution in [0.4, 0.5) is 0 Å².